The largest absolute Gasteiger partial charge is 0.497 e. The van der Waals surface area contributed by atoms with Crippen LogP contribution in [0.1, 0.15) is 17.3 Å². The third kappa shape index (κ3) is 6.68. The Balaban J connectivity index is 1.81. The van der Waals surface area contributed by atoms with E-state index in [9.17, 15) is 13.6 Å². The monoisotopic (exact) mass is 582 g/mol. The summed E-state index contributed by atoms with van der Waals surface area (Å²) in [5.41, 5.74) is 2.23. The van der Waals surface area contributed by atoms with Crippen LogP contribution >= 0.6 is 11.6 Å². The maximum atomic E-state index is 13.3. The van der Waals surface area contributed by atoms with Crippen LogP contribution in [0.2, 0.25) is 5.02 Å². The number of anilines is 4. The number of carbonyl (C=O) groups is 1. The molecule has 2 N–H and O–H groups in total. The van der Waals surface area contributed by atoms with Crippen LogP contribution in [0.25, 0.3) is 11.0 Å². The van der Waals surface area contributed by atoms with E-state index in [0.29, 0.717) is 58.4 Å². The molecule has 12 heteroatoms. The van der Waals surface area contributed by atoms with Crippen molar-refractivity contribution in [2.45, 2.75) is 6.92 Å². The lowest BCUT2D eigenvalue weighted by molar-refractivity contribution is 0.0754. The van der Waals surface area contributed by atoms with E-state index in [2.05, 4.69) is 10.3 Å². The van der Waals surface area contributed by atoms with Crippen LogP contribution in [-0.2, 0) is 11.3 Å². The number of aromatic nitrogens is 2. The zero-order valence-electron chi connectivity index (χ0n) is 22.7. The van der Waals surface area contributed by atoms with Crippen molar-refractivity contribution in [2.75, 3.05) is 50.5 Å². The molecule has 3 aromatic carbocycles. The van der Waals surface area contributed by atoms with Gasteiger partial charge in [-0.05, 0) is 63.5 Å². The predicted octanol–water partition coefficient (Wildman–Crippen LogP) is 5.33. The van der Waals surface area contributed by atoms with E-state index in [0.717, 1.165) is 4.31 Å². The third-order valence-corrected chi connectivity index (χ3v) is 7.17. The summed E-state index contributed by atoms with van der Waals surface area (Å²) >= 11 is 3.87. The quantitative estimate of drug-likeness (QED) is 0.228. The van der Waals surface area contributed by atoms with Crippen molar-refractivity contribution in [2.24, 2.45) is 0 Å². The Morgan fingerprint density at radius 1 is 1.02 bits per heavy atom. The highest BCUT2D eigenvalue weighted by molar-refractivity contribution is 7.81. The second kappa shape index (κ2) is 13.1. The fourth-order valence-corrected chi connectivity index (χ4v) is 4.76. The van der Waals surface area contributed by atoms with E-state index < -0.39 is 11.3 Å². The molecule has 0 saturated carbocycles. The van der Waals surface area contributed by atoms with E-state index >= 15 is 0 Å². The Hall–Kier alpha value is -3.77. The molecule has 0 radical (unpaired) electrons. The summed E-state index contributed by atoms with van der Waals surface area (Å²) < 4.78 is 29.8. The molecule has 0 aliphatic rings. The number of hydrogen-bond donors (Lipinski definition) is 2. The maximum Gasteiger partial charge on any atom is 0.268 e. The summed E-state index contributed by atoms with van der Waals surface area (Å²) in [6.07, 6.45) is 0. The Labute approximate surface area is 241 Å². The van der Waals surface area contributed by atoms with Crippen LogP contribution in [0.5, 0.6) is 5.75 Å². The van der Waals surface area contributed by atoms with Crippen molar-refractivity contribution in [3.63, 3.8) is 0 Å². The first kappa shape index (κ1) is 29.2. The summed E-state index contributed by atoms with van der Waals surface area (Å²) in [4.78, 5) is 26.5. The zero-order valence-corrected chi connectivity index (χ0v) is 24.2. The smallest absolute Gasteiger partial charge is 0.268 e. The Morgan fingerprint density at radius 2 is 1.75 bits per heavy atom. The number of nitrogens with zero attached hydrogens (tertiary/aromatic N) is 5. The topological polar surface area (TPSA) is 111 Å². The number of halogens is 1. The maximum absolute atomic E-state index is 13.3. The fraction of sp³-hybridized carbons (Fsp3) is 0.250. The summed E-state index contributed by atoms with van der Waals surface area (Å²) in [5, 5.41) is 3.54. The summed E-state index contributed by atoms with van der Waals surface area (Å²) in [6, 6.07) is 18.8. The molecule has 210 valence electrons. The van der Waals surface area contributed by atoms with Crippen LogP contribution in [0.4, 0.5) is 23.0 Å². The summed E-state index contributed by atoms with van der Waals surface area (Å²) in [7, 11) is 5.43. The average molecular weight is 583 g/mol. The van der Waals surface area contributed by atoms with Gasteiger partial charge in [0.2, 0.25) is 0 Å². The standard InChI is InChI=1S/C28H31ClN6O4S/c1-5-34(16-15-33(2)3)28(36)19-9-8-10-20(17-19)35(40(37)38)27-26(30-23-11-6-7-12-24(23)32-27)31-25-18-21(39-4)13-14-22(25)29/h6-14,17-18H,5,15-16H2,1-4H3,(H,30,31)(H,37,38). The molecular weight excluding hydrogens is 552 g/mol. The van der Waals surface area contributed by atoms with Gasteiger partial charge in [-0.15, -0.1) is 0 Å². The number of para-hydroxylation sites is 2. The third-order valence-electron chi connectivity index (χ3n) is 6.14. The molecular formula is C28H31ClN6O4S. The molecule has 0 aliphatic heterocycles. The van der Waals surface area contributed by atoms with Gasteiger partial charge in [-0.2, -0.15) is 0 Å². The number of fused-ring (bicyclic) bond motifs is 1. The molecule has 1 aromatic heterocycles. The number of nitrogens with one attached hydrogen (secondary N) is 1. The number of likely N-dealkylation sites (N-methyl/N-ethyl adjacent to an activating group) is 2. The highest BCUT2D eigenvalue weighted by atomic mass is 35.5. The Kier molecular flexibility index (Phi) is 9.54. The molecule has 0 spiro atoms. The van der Waals surface area contributed by atoms with Gasteiger partial charge in [-0.25, -0.2) is 18.5 Å². The SMILES string of the molecule is CCN(CCN(C)C)C(=O)c1cccc(N(c2nc3ccccc3nc2Nc2cc(OC)ccc2Cl)S(=O)O)c1. The fourth-order valence-electron chi connectivity index (χ4n) is 4.03. The lowest BCUT2D eigenvalue weighted by Gasteiger charge is -2.25. The molecule has 0 saturated heterocycles. The van der Waals surface area contributed by atoms with Crippen LogP contribution in [-0.4, -0.2) is 75.3 Å². The van der Waals surface area contributed by atoms with Gasteiger partial charge in [0.05, 0.1) is 34.5 Å². The van der Waals surface area contributed by atoms with Crippen molar-refractivity contribution in [1.29, 1.82) is 0 Å². The number of rotatable bonds is 11. The molecule has 1 heterocycles. The van der Waals surface area contributed by atoms with Crippen molar-refractivity contribution in [3.05, 3.63) is 77.3 Å². The number of benzene rings is 3. The molecule has 1 amide bonds. The number of carbonyl (C=O) groups excluding carboxylic acids is 1. The first-order valence-electron chi connectivity index (χ1n) is 12.5. The molecule has 0 aliphatic carbocycles. The van der Waals surface area contributed by atoms with Gasteiger partial charge in [0.1, 0.15) is 5.75 Å². The predicted molar refractivity (Wildman–Crippen MR) is 160 cm³/mol. The highest BCUT2D eigenvalue weighted by Crippen LogP contribution is 2.36. The molecule has 1 unspecified atom stereocenters. The van der Waals surface area contributed by atoms with E-state index in [1.54, 1.807) is 72.7 Å². The lowest BCUT2D eigenvalue weighted by atomic mass is 10.1. The van der Waals surface area contributed by atoms with Gasteiger partial charge in [-0.3, -0.25) is 9.35 Å². The van der Waals surface area contributed by atoms with Crippen molar-refractivity contribution in [3.8, 4) is 5.75 Å². The highest BCUT2D eigenvalue weighted by Gasteiger charge is 2.25. The summed E-state index contributed by atoms with van der Waals surface area (Å²) in [5.74, 6) is 0.642. The second-order valence-corrected chi connectivity index (χ2v) is 10.4. The van der Waals surface area contributed by atoms with Crippen LogP contribution < -0.4 is 14.4 Å². The minimum absolute atomic E-state index is 0.0722. The van der Waals surface area contributed by atoms with E-state index in [1.165, 1.54) is 0 Å². The number of hydrogen-bond acceptors (Lipinski definition) is 7. The molecule has 4 aromatic rings. The van der Waals surface area contributed by atoms with Gasteiger partial charge >= 0.3 is 0 Å². The molecule has 1 atom stereocenters. The van der Waals surface area contributed by atoms with Crippen molar-refractivity contribution >= 4 is 62.8 Å². The minimum Gasteiger partial charge on any atom is -0.497 e. The van der Waals surface area contributed by atoms with Gasteiger partial charge in [0.15, 0.2) is 11.6 Å². The Bertz CT molecular complexity index is 1540. The number of ether oxygens (including phenoxy) is 1. The summed E-state index contributed by atoms with van der Waals surface area (Å²) in [6.45, 7) is 3.70. The normalized spacial score (nSPS) is 11.9. The van der Waals surface area contributed by atoms with Crippen molar-refractivity contribution in [1.82, 2.24) is 19.8 Å². The van der Waals surface area contributed by atoms with E-state index in [1.807, 2.05) is 32.0 Å². The molecule has 0 bridgehead atoms. The van der Waals surface area contributed by atoms with Crippen LogP contribution in [0.3, 0.4) is 0 Å². The van der Waals surface area contributed by atoms with Crippen LogP contribution in [0, 0.1) is 0 Å². The van der Waals surface area contributed by atoms with Gasteiger partial charge < -0.3 is 19.9 Å². The second-order valence-electron chi connectivity index (χ2n) is 9.12. The number of amides is 1. The molecule has 10 nitrogen and oxygen atoms in total. The Morgan fingerprint density at radius 3 is 2.40 bits per heavy atom. The average Bonchev–Trinajstić information content (AvgIpc) is 2.94. The lowest BCUT2D eigenvalue weighted by Crippen LogP contribution is -2.36. The van der Waals surface area contributed by atoms with Gasteiger partial charge in [0.25, 0.3) is 17.2 Å². The molecule has 0 fully saturated rings. The van der Waals surface area contributed by atoms with Gasteiger partial charge in [0, 0.05) is 31.3 Å². The van der Waals surface area contributed by atoms with Crippen molar-refractivity contribution < 1.29 is 18.3 Å². The molecule has 4 rings (SSSR count). The van der Waals surface area contributed by atoms with Gasteiger partial charge in [-0.1, -0.05) is 29.8 Å². The number of methoxy groups -OCH3 is 1. The molecule has 40 heavy (non-hydrogen) atoms. The van der Waals surface area contributed by atoms with E-state index in [-0.39, 0.29) is 17.5 Å². The van der Waals surface area contributed by atoms with E-state index in [4.69, 9.17) is 21.3 Å². The van der Waals surface area contributed by atoms with Crippen LogP contribution in [0.15, 0.2) is 66.7 Å². The first-order valence-corrected chi connectivity index (χ1v) is 14.0. The first-order chi connectivity index (χ1) is 19.2. The minimum atomic E-state index is -2.57. The zero-order chi connectivity index (χ0) is 28.8.